The van der Waals surface area contributed by atoms with Crippen LogP contribution in [0.2, 0.25) is 0 Å². The van der Waals surface area contributed by atoms with Crippen molar-refractivity contribution >= 4 is 11.8 Å². The van der Waals surface area contributed by atoms with Gasteiger partial charge >= 0.3 is 0 Å². The second kappa shape index (κ2) is 7.04. The minimum Gasteiger partial charge on any atom is -0.496 e. The summed E-state index contributed by atoms with van der Waals surface area (Å²) in [6.45, 7) is 0. The van der Waals surface area contributed by atoms with Crippen LogP contribution in [-0.4, -0.2) is 22.3 Å². The molecule has 2 aromatic heterocycles. The molecule has 0 saturated heterocycles. The van der Waals surface area contributed by atoms with Crippen LogP contribution in [0, 0.1) is 0 Å². The maximum atomic E-state index is 5.35. The predicted octanol–water partition coefficient (Wildman–Crippen LogP) is 3.84. The molecule has 3 aromatic rings. The molecule has 1 aromatic carbocycles. The summed E-state index contributed by atoms with van der Waals surface area (Å²) in [5, 5.41) is 9.45. The lowest BCUT2D eigenvalue weighted by Crippen LogP contribution is -1.93. The Kier molecular flexibility index (Phi) is 4.65. The average molecular weight is 309 g/mol. The molecule has 22 heavy (non-hydrogen) atoms. The van der Waals surface area contributed by atoms with Crippen molar-refractivity contribution in [3.05, 3.63) is 66.5 Å². The largest absolute Gasteiger partial charge is 0.496 e. The summed E-state index contributed by atoms with van der Waals surface area (Å²) >= 11 is 1.62. The van der Waals surface area contributed by atoms with Crippen molar-refractivity contribution in [3.8, 4) is 17.0 Å². The number of hydrogen-bond donors (Lipinski definition) is 0. The number of aromatic nitrogens is 3. The topological polar surface area (TPSA) is 47.9 Å². The first-order valence-corrected chi connectivity index (χ1v) is 7.85. The fraction of sp³-hybridized carbons (Fsp3) is 0.118. The maximum absolute atomic E-state index is 5.35. The van der Waals surface area contributed by atoms with Crippen LogP contribution in [0.4, 0.5) is 0 Å². The highest BCUT2D eigenvalue weighted by Crippen LogP contribution is 2.28. The van der Waals surface area contributed by atoms with Gasteiger partial charge in [0.05, 0.1) is 18.5 Å². The number of thioether (sulfide) groups is 1. The average Bonchev–Trinajstić information content (AvgIpc) is 2.61. The zero-order chi connectivity index (χ0) is 15.2. The van der Waals surface area contributed by atoms with E-state index in [1.54, 1.807) is 25.1 Å². The molecule has 0 amide bonds. The fourth-order valence-corrected chi connectivity index (χ4v) is 2.76. The van der Waals surface area contributed by atoms with Crippen molar-refractivity contribution in [1.82, 2.24) is 15.2 Å². The Bertz CT molecular complexity index is 732. The molecule has 0 N–H and O–H groups in total. The number of para-hydroxylation sites is 1. The maximum Gasteiger partial charge on any atom is 0.128 e. The first kappa shape index (κ1) is 14.5. The van der Waals surface area contributed by atoms with Gasteiger partial charge in [0.1, 0.15) is 10.8 Å². The van der Waals surface area contributed by atoms with E-state index in [-0.39, 0.29) is 0 Å². The van der Waals surface area contributed by atoms with Gasteiger partial charge in [0.15, 0.2) is 0 Å². The summed E-state index contributed by atoms with van der Waals surface area (Å²) in [7, 11) is 1.66. The highest BCUT2D eigenvalue weighted by atomic mass is 32.2. The normalized spacial score (nSPS) is 10.4. The fourth-order valence-electron chi connectivity index (χ4n) is 2.03. The summed E-state index contributed by atoms with van der Waals surface area (Å²) < 4.78 is 5.35. The Morgan fingerprint density at radius 1 is 0.955 bits per heavy atom. The van der Waals surface area contributed by atoms with E-state index in [9.17, 15) is 0 Å². The molecule has 0 bridgehead atoms. The van der Waals surface area contributed by atoms with Crippen LogP contribution in [0.5, 0.6) is 5.75 Å². The number of ether oxygens (including phenoxy) is 1. The Labute approximate surface area is 133 Å². The third kappa shape index (κ3) is 3.43. The molecular formula is C17H15N3OS. The zero-order valence-corrected chi connectivity index (χ0v) is 13.0. The number of rotatable bonds is 5. The molecule has 0 aliphatic heterocycles. The monoisotopic (exact) mass is 309 g/mol. The van der Waals surface area contributed by atoms with Crippen LogP contribution in [-0.2, 0) is 5.75 Å². The molecule has 0 spiro atoms. The van der Waals surface area contributed by atoms with Crippen molar-refractivity contribution < 1.29 is 4.74 Å². The van der Waals surface area contributed by atoms with Gasteiger partial charge in [0.25, 0.3) is 0 Å². The number of methoxy groups -OCH3 is 1. The van der Waals surface area contributed by atoms with Crippen molar-refractivity contribution in [2.75, 3.05) is 7.11 Å². The first-order chi connectivity index (χ1) is 10.9. The summed E-state index contributed by atoms with van der Waals surface area (Å²) in [5.41, 5.74) is 2.78. The molecule has 0 fully saturated rings. The minimum absolute atomic E-state index is 0.781. The predicted molar refractivity (Wildman–Crippen MR) is 87.8 cm³/mol. The molecule has 0 aliphatic rings. The van der Waals surface area contributed by atoms with E-state index in [2.05, 4.69) is 15.2 Å². The molecule has 0 unspecified atom stereocenters. The number of benzene rings is 1. The Morgan fingerprint density at radius 2 is 1.82 bits per heavy atom. The second-order valence-electron chi connectivity index (χ2n) is 4.57. The lowest BCUT2D eigenvalue weighted by atomic mass is 10.1. The lowest BCUT2D eigenvalue weighted by Gasteiger charge is -2.07. The molecule has 0 radical (unpaired) electrons. The van der Waals surface area contributed by atoms with E-state index in [4.69, 9.17) is 4.74 Å². The van der Waals surface area contributed by atoms with E-state index in [0.29, 0.717) is 0 Å². The van der Waals surface area contributed by atoms with Gasteiger partial charge in [-0.2, -0.15) is 0 Å². The van der Waals surface area contributed by atoms with Gasteiger partial charge < -0.3 is 4.74 Å². The van der Waals surface area contributed by atoms with E-state index < -0.39 is 0 Å². The molecule has 110 valence electrons. The summed E-state index contributed by atoms with van der Waals surface area (Å²) in [6.07, 6.45) is 1.80. The Morgan fingerprint density at radius 3 is 2.55 bits per heavy atom. The van der Waals surface area contributed by atoms with Gasteiger partial charge in [0.2, 0.25) is 0 Å². The standard InChI is InChI=1S/C17H15N3OS/c1-21-16-8-3-2-7-14(16)15-9-10-17(20-19-15)22-12-13-6-4-5-11-18-13/h2-11H,12H2,1H3. The first-order valence-electron chi connectivity index (χ1n) is 6.86. The summed E-state index contributed by atoms with van der Waals surface area (Å²) in [6, 6.07) is 17.6. The molecule has 5 heteroatoms. The third-order valence-electron chi connectivity index (χ3n) is 3.12. The van der Waals surface area contributed by atoms with Gasteiger partial charge in [0, 0.05) is 17.5 Å². The van der Waals surface area contributed by atoms with Crippen LogP contribution >= 0.6 is 11.8 Å². The summed E-state index contributed by atoms with van der Waals surface area (Å²) in [4.78, 5) is 4.30. The van der Waals surface area contributed by atoms with Crippen molar-refractivity contribution in [3.63, 3.8) is 0 Å². The van der Waals surface area contributed by atoms with Crippen molar-refractivity contribution in [2.24, 2.45) is 0 Å². The number of hydrogen-bond acceptors (Lipinski definition) is 5. The van der Waals surface area contributed by atoms with E-state index >= 15 is 0 Å². The molecule has 0 aliphatic carbocycles. The van der Waals surface area contributed by atoms with E-state index in [0.717, 1.165) is 33.5 Å². The van der Waals surface area contributed by atoms with Gasteiger partial charge in [-0.3, -0.25) is 4.98 Å². The van der Waals surface area contributed by atoms with Gasteiger partial charge in [-0.1, -0.05) is 30.0 Å². The van der Waals surface area contributed by atoms with E-state index in [1.807, 2.05) is 54.6 Å². The van der Waals surface area contributed by atoms with Crippen molar-refractivity contribution in [1.29, 1.82) is 0 Å². The zero-order valence-electron chi connectivity index (χ0n) is 12.1. The summed E-state index contributed by atoms with van der Waals surface area (Å²) in [5.74, 6) is 1.58. The molecule has 4 nitrogen and oxygen atoms in total. The van der Waals surface area contributed by atoms with Gasteiger partial charge in [-0.05, 0) is 36.4 Å². The molecule has 2 heterocycles. The van der Waals surface area contributed by atoms with Gasteiger partial charge in [-0.15, -0.1) is 10.2 Å². The van der Waals surface area contributed by atoms with E-state index in [1.165, 1.54) is 0 Å². The second-order valence-corrected chi connectivity index (χ2v) is 5.56. The molecular weight excluding hydrogens is 294 g/mol. The van der Waals surface area contributed by atoms with Crippen LogP contribution < -0.4 is 4.74 Å². The highest BCUT2D eigenvalue weighted by molar-refractivity contribution is 7.98. The highest BCUT2D eigenvalue weighted by Gasteiger charge is 2.07. The quantitative estimate of drug-likeness (QED) is 0.670. The number of pyridine rings is 1. The van der Waals surface area contributed by atoms with Gasteiger partial charge in [-0.25, -0.2) is 0 Å². The SMILES string of the molecule is COc1ccccc1-c1ccc(SCc2ccccn2)nn1. The van der Waals surface area contributed by atoms with Crippen LogP contribution in [0.1, 0.15) is 5.69 Å². The minimum atomic E-state index is 0.781. The van der Waals surface area contributed by atoms with Crippen LogP contribution in [0.25, 0.3) is 11.3 Å². The van der Waals surface area contributed by atoms with Crippen LogP contribution in [0.15, 0.2) is 65.8 Å². The molecule has 0 saturated carbocycles. The Hall–Kier alpha value is -2.40. The number of nitrogens with zero attached hydrogens (tertiary/aromatic N) is 3. The van der Waals surface area contributed by atoms with Crippen LogP contribution in [0.3, 0.4) is 0 Å². The molecule has 0 atom stereocenters. The molecule has 3 rings (SSSR count). The Balaban J connectivity index is 1.73. The lowest BCUT2D eigenvalue weighted by molar-refractivity contribution is 0.416. The third-order valence-corrected chi connectivity index (χ3v) is 4.07. The smallest absolute Gasteiger partial charge is 0.128 e. The van der Waals surface area contributed by atoms with Crippen molar-refractivity contribution in [2.45, 2.75) is 10.8 Å².